The molecule has 4 heterocycles. The summed E-state index contributed by atoms with van der Waals surface area (Å²) in [5.74, 6) is 1.99. The molecule has 6 aromatic rings. The molecule has 20 heteroatoms. The highest BCUT2D eigenvalue weighted by atomic mass is 32.2. The van der Waals surface area contributed by atoms with Gasteiger partial charge in [-0.15, -0.1) is 0 Å². The molecule has 2 aromatic carbocycles. The second kappa shape index (κ2) is 16.1. The average Bonchev–Trinajstić information content (AvgIpc) is 3.83. The number of nitrogens with two attached hydrogens (primary N) is 2. The second-order valence-corrected chi connectivity index (χ2v) is 21.6. The van der Waals surface area contributed by atoms with Crippen molar-refractivity contribution in [1.82, 2.24) is 39.7 Å². The Morgan fingerprint density at radius 2 is 0.953 bits per heavy atom. The maximum Gasteiger partial charge on any atom is 0.261 e. The van der Waals surface area contributed by atoms with Gasteiger partial charge in [-0.05, 0) is 149 Å². The highest BCUT2D eigenvalue weighted by molar-refractivity contribution is 7.89. The van der Waals surface area contributed by atoms with Gasteiger partial charge in [0.05, 0.1) is 33.1 Å². The molecular formula is C44H50N10O8S2. The zero-order valence-corrected chi connectivity index (χ0v) is 37.4. The van der Waals surface area contributed by atoms with Gasteiger partial charge in [-0.2, -0.15) is 9.97 Å². The summed E-state index contributed by atoms with van der Waals surface area (Å²) >= 11 is 0. The summed E-state index contributed by atoms with van der Waals surface area (Å²) in [4.78, 5) is 17.3. The third-order valence-corrected chi connectivity index (χ3v) is 16.1. The van der Waals surface area contributed by atoms with Crippen molar-refractivity contribution in [3.8, 4) is 45.2 Å². The molecule has 64 heavy (non-hydrogen) atoms. The van der Waals surface area contributed by atoms with E-state index in [1.54, 1.807) is 74.8 Å². The Balaban J connectivity index is 0.000000162. The Kier molecular flexibility index (Phi) is 11.0. The van der Waals surface area contributed by atoms with Gasteiger partial charge in [-0.25, -0.2) is 36.2 Å². The van der Waals surface area contributed by atoms with Crippen LogP contribution in [0.15, 0.2) is 79.8 Å². The molecule has 4 aliphatic carbocycles. The number of rotatable bonds is 10. The molecule has 0 atom stereocenters. The van der Waals surface area contributed by atoms with E-state index in [2.05, 4.69) is 39.7 Å². The van der Waals surface area contributed by atoms with Crippen LogP contribution >= 0.6 is 0 Å². The molecule has 8 N–H and O–H groups in total. The van der Waals surface area contributed by atoms with Crippen molar-refractivity contribution in [3.63, 3.8) is 0 Å². The van der Waals surface area contributed by atoms with E-state index in [-0.39, 0.29) is 68.3 Å². The normalized spacial score (nSPS) is 24.8. The van der Waals surface area contributed by atoms with Crippen LogP contribution in [0.3, 0.4) is 0 Å². The summed E-state index contributed by atoms with van der Waals surface area (Å²) < 4.78 is 68.2. The summed E-state index contributed by atoms with van der Waals surface area (Å²) in [6, 6.07) is 13.4. The van der Waals surface area contributed by atoms with E-state index in [0.29, 0.717) is 33.9 Å². The zero-order valence-electron chi connectivity index (χ0n) is 35.7. The van der Waals surface area contributed by atoms with Crippen molar-refractivity contribution in [3.05, 3.63) is 83.7 Å². The molecule has 0 aliphatic heterocycles. The number of benzene rings is 2. The average molecular weight is 911 g/mol. The molecule has 18 nitrogen and oxygen atoms in total. The lowest BCUT2D eigenvalue weighted by atomic mass is 9.53. The number of aryl methyl sites for hydroxylation is 4. The van der Waals surface area contributed by atoms with Crippen LogP contribution in [0.1, 0.15) is 74.1 Å². The SMILES string of the molecule is Cc1noc(-c2cc(-c3cc(S(=O)(=O)NC4CC5(CC(O)C5)C4)ccc3C)cnc2N)n1.Cc1noc(-c2cc(-c3cc(S(=O)(=O)NC4CC5(CC(O)C5)C4)ccc3C)cnc2N)n1. The van der Waals surface area contributed by atoms with Gasteiger partial charge < -0.3 is 30.7 Å². The first kappa shape index (κ1) is 43.6. The summed E-state index contributed by atoms with van der Waals surface area (Å²) in [7, 11) is -7.36. The Hall–Kier alpha value is -5.64. The number of nitrogen functional groups attached to an aromatic ring is 2. The number of aliphatic hydroxyl groups excluding tert-OH is 2. The number of nitrogens with one attached hydrogen (secondary N) is 2. The van der Waals surface area contributed by atoms with E-state index >= 15 is 0 Å². The lowest BCUT2D eigenvalue weighted by Crippen LogP contribution is -2.57. The van der Waals surface area contributed by atoms with Gasteiger partial charge in [0, 0.05) is 35.6 Å². The lowest BCUT2D eigenvalue weighted by Gasteiger charge is -2.56. The first-order valence-corrected chi connectivity index (χ1v) is 24.0. The van der Waals surface area contributed by atoms with Gasteiger partial charge in [0.15, 0.2) is 11.6 Å². The van der Waals surface area contributed by atoms with Crippen LogP contribution in [0.2, 0.25) is 0 Å². The highest BCUT2D eigenvalue weighted by Gasteiger charge is 2.54. The Bertz CT molecular complexity index is 2780. The summed E-state index contributed by atoms with van der Waals surface area (Å²) in [5, 5.41) is 26.7. The van der Waals surface area contributed by atoms with E-state index in [1.807, 2.05) is 13.8 Å². The van der Waals surface area contributed by atoms with Gasteiger partial charge in [0.2, 0.25) is 20.0 Å². The zero-order chi connectivity index (χ0) is 45.3. The number of anilines is 2. The number of hydrogen-bond acceptors (Lipinski definition) is 16. The van der Waals surface area contributed by atoms with Crippen LogP contribution in [-0.2, 0) is 20.0 Å². The molecule has 2 spiro atoms. The summed E-state index contributed by atoms with van der Waals surface area (Å²) in [5.41, 5.74) is 17.9. The number of hydrogen-bond donors (Lipinski definition) is 6. The fourth-order valence-electron chi connectivity index (χ4n) is 9.82. The number of aromatic nitrogens is 6. The molecule has 0 unspecified atom stereocenters. The largest absolute Gasteiger partial charge is 0.393 e. The number of pyridine rings is 2. The first-order chi connectivity index (χ1) is 30.3. The van der Waals surface area contributed by atoms with Crippen LogP contribution in [0.5, 0.6) is 0 Å². The van der Waals surface area contributed by atoms with Crippen molar-refractivity contribution in [2.75, 3.05) is 11.5 Å². The number of aliphatic hydroxyl groups is 2. The smallest absolute Gasteiger partial charge is 0.261 e. The van der Waals surface area contributed by atoms with Crippen LogP contribution in [-0.4, -0.2) is 81.6 Å². The van der Waals surface area contributed by atoms with Crippen LogP contribution in [0, 0.1) is 38.5 Å². The van der Waals surface area contributed by atoms with Crippen molar-refractivity contribution < 1.29 is 36.1 Å². The quantitative estimate of drug-likeness (QED) is 0.103. The molecular weight excluding hydrogens is 861 g/mol. The van der Waals surface area contributed by atoms with Crippen molar-refractivity contribution in [2.24, 2.45) is 10.8 Å². The summed E-state index contributed by atoms with van der Waals surface area (Å²) in [6.45, 7) is 7.24. The minimum Gasteiger partial charge on any atom is -0.393 e. The predicted octanol–water partition coefficient (Wildman–Crippen LogP) is 5.16. The molecule has 0 amide bonds. The Labute approximate surface area is 370 Å². The van der Waals surface area contributed by atoms with Crippen molar-refractivity contribution >= 4 is 31.7 Å². The van der Waals surface area contributed by atoms with E-state index in [1.165, 1.54) is 0 Å². The maximum atomic E-state index is 13.0. The monoisotopic (exact) mass is 910 g/mol. The topological polar surface area (TPSA) is 288 Å². The Morgan fingerprint density at radius 1 is 0.578 bits per heavy atom. The fourth-order valence-corrected chi connectivity index (χ4v) is 12.3. The molecule has 336 valence electrons. The van der Waals surface area contributed by atoms with Crippen LogP contribution in [0.25, 0.3) is 45.2 Å². The van der Waals surface area contributed by atoms with E-state index in [4.69, 9.17) is 20.5 Å². The van der Waals surface area contributed by atoms with E-state index in [9.17, 15) is 27.0 Å². The minimum absolute atomic E-state index is 0.0946. The Morgan fingerprint density at radius 3 is 1.28 bits per heavy atom. The fraction of sp³-hybridized carbons (Fsp3) is 0.409. The molecule has 4 saturated carbocycles. The molecule has 0 bridgehead atoms. The van der Waals surface area contributed by atoms with E-state index in [0.717, 1.165) is 73.6 Å². The van der Waals surface area contributed by atoms with Crippen molar-refractivity contribution in [1.29, 1.82) is 0 Å². The second-order valence-electron chi connectivity index (χ2n) is 18.1. The molecule has 4 aliphatic rings. The highest BCUT2D eigenvalue weighted by Crippen LogP contribution is 2.57. The summed E-state index contributed by atoms with van der Waals surface area (Å²) in [6.07, 6.45) is 8.91. The molecule has 4 aromatic heterocycles. The van der Waals surface area contributed by atoms with E-state index < -0.39 is 20.0 Å². The molecule has 0 radical (unpaired) electrons. The number of sulfonamides is 2. The first-order valence-electron chi connectivity index (χ1n) is 21.0. The van der Waals surface area contributed by atoms with Crippen molar-refractivity contribution in [2.45, 2.75) is 113 Å². The van der Waals surface area contributed by atoms with Gasteiger partial charge in [0.1, 0.15) is 11.6 Å². The van der Waals surface area contributed by atoms with Crippen LogP contribution in [0.4, 0.5) is 11.6 Å². The van der Waals surface area contributed by atoms with Gasteiger partial charge >= 0.3 is 0 Å². The number of nitrogens with zero attached hydrogens (tertiary/aromatic N) is 6. The predicted molar refractivity (Wildman–Crippen MR) is 236 cm³/mol. The van der Waals surface area contributed by atoms with Gasteiger partial charge in [-0.3, -0.25) is 0 Å². The lowest BCUT2D eigenvalue weighted by molar-refractivity contribution is -0.0935. The third-order valence-electron chi connectivity index (χ3n) is 13.0. The molecule has 10 rings (SSSR count). The third kappa shape index (κ3) is 8.52. The molecule has 4 fully saturated rings. The van der Waals surface area contributed by atoms with Crippen LogP contribution < -0.4 is 20.9 Å². The standard InChI is InChI=1S/2C22H25N5O4S/c2*1-12-3-4-17(32(29,30)27-15-7-22(8-15)9-16(28)10-22)6-18(12)14-5-19(20(23)24-11-14)21-25-13(2)26-31-21/h2*3-6,11,15-16,27-28H,7-10H2,1-2H3,(H2,23,24). The minimum atomic E-state index is -3.68. The van der Waals surface area contributed by atoms with Gasteiger partial charge in [-0.1, -0.05) is 22.4 Å². The van der Waals surface area contributed by atoms with Gasteiger partial charge in [0.25, 0.3) is 11.8 Å². The molecule has 0 saturated heterocycles. The maximum absolute atomic E-state index is 13.0.